The number of ether oxygens (including phenoxy) is 1. The van der Waals surface area contributed by atoms with Gasteiger partial charge in [0, 0.05) is 22.7 Å². The molecule has 1 aromatic carbocycles. The van der Waals surface area contributed by atoms with Crippen LogP contribution in [0.15, 0.2) is 40.2 Å². The van der Waals surface area contributed by atoms with Crippen LogP contribution in [-0.2, 0) is 11.2 Å². The summed E-state index contributed by atoms with van der Waals surface area (Å²) in [7, 11) is 0. The standard InChI is InChI=1S/C16H15BrN2O3S/c17-14-5-4-13(23-14)6-7-18-15(20)11-2-1-3-12(10-11)19-8-9-22-16(19)21/h1-5,10H,6-9H2,(H,18,20). The molecule has 1 fully saturated rings. The SMILES string of the molecule is O=C(NCCc1ccc(Br)s1)c1cccc(N2CCOC2=O)c1. The summed E-state index contributed by atoms with van der Waals surface area (Å²) in [6.07, 6.45) is 0.422. The fourth-order valence-corrected chi connectivity index (χ4v) is 3.81. The van der Waals surface area contributed by atoms with Crippen molar-refractivity contribution in [2.24, 2.45) is 0 Å². The Bertz CT molecular complexity index is 732. The molecular formula is C16H15BrN2O3S. The van der Waals surface area contributed by atoms with Crippen molar-refractivity contribution < 1.29 is 14.3 Å². The third-order valence-corrected chi connectivity index (χ3v) is 5.15. The van der Waals surface area contributed by atoms with Gasteiger partial charge in [-0.3, -0.25) is 9.69 Å². The molecule has 0 bridgehead atoms. The van der Waals surface area contributed by atoms with Crippen LogP contribution in [0.3, 0.4) is 0 Å². The summed E-state index contributed by atoms with van der Waals surface area (Å²) in [5, 5.41) is 2.90. The van der Waals surface area contributed by atoms with Gasteiger partial charge in [-0.05, 0) is 52.7 Å². The molecule has 0 radical (unpaired) electrons. The minimum atomic E-state index is -0.370. The quantitative estimate of drug-likeness (QED) is 0.844. The predicted octanol–water partition coefficient (Wildman–Crippen LogP) is 3.44. The molecule has 0 unspecified atom stereocenters. The lowest BCUT2D eigenvalue weighted by molar-refractivity contribution is 0.0954. The van der Waals surface area contributed by atoms with E-state index < -0.39 is 0 Å². The largest absolute Gasteiger partial charge is 0.447 e. The van der Waals surface area contributed by atoms with Gasteiger partial charge in [0.25, 0.3) is 5.91 Å². The van der Waals surface area contributed by atoms with Crippen molar-refractivity contribution in [3.8, 4) is 0 Å². The molecule has 120 valence electrons. The van der Waals surface area contributed by atoms with E-state index in [2.05, 4.69) is 21.2 Å². The van der Waals surface area contributed by atoms with Gasteiger partial charge in [0.05, 0.1) is 10.3 Å². The first-order valence-corrected chi connectivity index (χ1v) is 8.81. The monoisotopic (exact) mass is 394 g/mol. The molecular weight excluding hydrogens is 380 g/mol. The zero-order valence-electron chi connectivity index (χ0n) is 12.3. The molecule has 7 heteroatoms. The highest BCUT2D eigenvalue weighted by Crippen LogP contribution is 2.22. The lowest BCUT2D eigenvalue weighted by Crippen LogP contribution is -2.27. The number of hydrogen-bond donors (Lipinski definition) is 1. The molecule has 1 aliphatic heterocycles. The molecule has 1 aromatic heterocycles. The van der Waals surface area contributed by atoms with E-state index in [1.165, 1.54) is 9.78 Å². The summed E-state index contributed by atoms with van der Waals surface area (Å²) in [6, 6.07) is 11.1. The zero-order valence-corrected chi connectivity index (χ0v) is 14.7. The van der Waals surface area contributed by atoms with Crippen molar-refractivity contribution in [3.63, 3.8) is 0 Å². The van der Waals surface area contributed by atoms with Gasteiger partial charge in [0.1, 0.15) is 6.61 Å². The number of cyclic esters (lactones) is 1. The van der Waals surface area contributed by atoms with E-state index in [-0.39, 0.29) is 12.0 Å². The van der Waals surface area contributed by atoms with Crippen molar-refractivity contribution >= 4 is 45.0 Å². The number of thiophene rings is 1. The van der Waals surface area contributed by atoms with Crippen molar-refractivity contribution in [2.45, 2.75) is 6.42 Å². The van der Waals surface area contributed by atoms with Crippen LogP contribution in [0, 0.1) is 0 Å². The molecule has 23 heavy (non-hydrogen) atoms. The first-order chi connectivity index (χ1) is 11.1. The first kappa shape index (κ1) is 16.0. The van der Waals surface area contributed by atoms with Crippen LogP contribution in [0.5, 0.6) is 0 Å². The Morgan fingerprint density at radius 1 is 1.35 bits per heavy atom. The summed E-state index contributed by atoms with van der Waals surface area (Å²) in [4.78, 5) is 26.6. The van der Waals surface area contributed by atoms with E-state index in [0.717, 1.165) is 10.2 Å². The molecule has 3 rings (SSSR count). The smallest absolute Gasteiger partial charge is 0.414 e. The van der Waals surface area contributed by atoms with Gasteiger partial charge in [-0.2, -0.15) is 0 Å². The summed E-state index contributed by atoms with van der Waals surface area (Å²) < 4.78 is 6.01. The average molecular weight is 395 g/mol. The number of benzene rings is 1. The fraction of sp³-hybridized carbons (Fsp3) is 0.250. The highest BCUT2D eigenvalue weighted by Gasteiger charge is 2.24. The number of halogens is 1. The maximum atomic E-state index is 12.2. The van der Waals surface area contributed by atoms with Crippen LogP contribution in [0.4, 0.5) is 10.5 Å². The van der Waals surface area contributed by atoms with Gasteiger partial charge in [0.2, 0.25) is 0 Å². The van der Waals surface area contributed by atoms with E-state index in [4.69, 9.17) is 4.74 Å². The second-order valence-corrected chi connectivity index (χ2v) is 7.58. The van der Waals surface area contributed by atoms with E-state index >= 15 is 0 Å². The van der Waals surface area contributed by atoms with Gasteiger partial charge < -0.3 is 10.1 Å². The van der Waals surface area contributed by atoms with E-state index in [9.17, 15) is 9.59 Å². The molecule has 0 saturated carbocycles. The third kappa shape index (κ3) is 3.92. The van der Waals surface area contributed by atoms with Crippen molar-refractivity contribution in [3.05, 3.63) is 50.6 Å². The second-order valence-electron chi connectivity index (χ2n) is 5.03. The van der Waals surface area contributed by atoms with Crippen LogP contribution in [0.25, 0.3) is 0 Å². The van der Waals surface area contributed by atoms with Crippen LogP contribution in [0.2, 0.25) is 0 Å². The molecule has 2 aromatic rings. The number of carbonyl (C=O) groups excluding carboxylic acids is 2. The Kier molecular flexibility index (Phi) is 4.97. The third-order valence-electron chi connectivity index (χ3n) is 3.47. The number of nitrogens with zero attached hydrogens (tertiary/aromatic N) is 1. The Morgan fingerprint density at radius 2 is 2.22 bits per heavy atom. The van der Waals surface area contributed by atoms with Crippen molar-refractivity contribution in [1.29, 1.82) is 0 Å². The molecule has 0 aliphatic carbocycles. The van der Waals surface area contributed by atoms with Gasteiger partial charge in [-0.15, -0.1) is 11.3 Å². The highest BCUT2D eigenvalue weighted by molar-refractivity contribution is 9.11. The maximum absolute atomic E-state index is 12.2. The Labute approximate surface area is 146 Å². The van der Waals surface area contributed by atoms with Gasteiger partial charge in [0.15, 0.2) is 0 Å². The molecule has 0 atom stereocenters. The highest BCUT2D eigenvalue weighted by atomic mass is 79.9. The maximum Gasteiger partial charge on any atom is 0.414 e. The lowest BCUT2D eigenvalue weighted by atomic mass is 10.1. The van der Waals surface area contributed by atoms with Crippen LogP contribution in [-0.4, -0.2) is 31.7 Å². The predicted molar refractivity (Wildman–Crippen MR) is 93.2 cm³/mol. The molecule has 1 N–H and O–H groups in total. The van der Waals surface area contributed by atoms with Gasteiger partial charge in [-0.1, -0.05) is 6.07 Å². The number of nitrogens with one attached hydrogen (secondary N) is 1. The van der Waals surface area contributed by atoms with Crippen LogP contribution < -0.4 is 10.2 Å². The summed E-state index contributed by atoms with van der Waals surface area (Å²) in [5.74, 6) is -0.143. The van der Waals surface area contributed by atoms with Crippen molar-refractivity contribution in [1.82, 2.24) is 5.32 Å². The second kappa shape index (κ2) is 7.14. The minimum absolute atomic E-state index is 0.143. The van der Waals surface area contributed by atoms with Crippen LogP contribution >= 0.6 is 27.3 Å². The zero-order chi connectivity index (χ0) is 16.2. The molecule has 1 aliphatic rings. The van der Waals surface area contributed by atoms with E-state index in [1.807, 2.05) is 12.1 Å². The number of anilines is 1. The summed E-state index contributed by atoms with van der Waals surface area (Å²) >= 11 is 5.09. The molecule has 2 amide bonds. The minimum Gasteiger partial charge on any atom is -0.447 e. The van der Waals surface area contributed by atoms with E-state index in [0.29, 0.717) is 30.9 Å². The molecule has 1 saturated heterocycles. The average Bonchev–Trinajstić information content (AvgIpc) is 3.16. The fourth-order valence-electron chi connectivity index (χ4n) is 2.33. The Hall–Kier alpha value is -1.86. The Balaban J connectivity index is 1.59. The Morgan fingerprint density at radius 3 is 2.91 bits per heavy atom. The number of rotatable bonds is 5. The number of hydrogen-bond acceptors (Lipinski definition) is 4. The first-order valence-electron chi connectivity index (χ1n) is 7.20. The molecule has 0 spiro atoms. The molecule has 2 heterocycles. The van der Waals surface area contributed by atoms with Crippen LogP contribution in [0.1, 0.15) is 15.2 Å². The summed E-state index contributed by atoms with van der Waals surface area (Å²) in [5.41, 5.74) is 1.22. The van der Waals surface area contributed by atoms with E-state index in [1.54, 1.807) is 35.6 Å². The normalized spacial score (nSPS) is 14.0. The van der Waals surface area contributed by atoms with Crippen molar-refractivity contribution in [2.75, 3.05) is 24.6 Å². The summed E-state index contributed by atoms with van der Waals surface area (Å²) in [6.45, 7) is 1.46. The molecule has 5 nitrogen and oxygen atoms in total. The number of carbonyl (C=O) groups is 2. The van der Waals surface area contributed by atoms with Gasteiger partial charge in [-0.25, -0.2) is 4.79 Å². The lowest BCUT2D eigenvalue weighted by Gasteiger charge is -2.13. The number of amides is 2. The topological polar surface area (TPSA) is 58.6 Å². The van der Waals surface area contributed by atoms with Gasteiger partial charge >= 0.3 is 6.09 Å².